The van der Waals surface area contributed by atoms with Crippen LogP contribution in [0.15, 0.2) is 30.5 Å². The Morgan fingerprint density at radius 1 is 1.47 bits per heavy atom. The topological polar surface area (TPSA) is 101 Å². The highest BCUT2D eigenvalue weighted by molar-refractivity contribution is 5.70. The molecular formula is C13H15N3O3. The summed E-state index contributed by atoms with van der Waals surface area (Å²) in [4.78, 5) is 10.7. The van der Waals surface area contributed by atoms with Crippen LogP contribution >= 0.6 is 0 Å². The molecule has 0 radical (unpaired) electrons. The van der Waals surface area contributed by atoms with Crippen LogP contribution in [0.4, 0.5) is 0 Å². The van der Waals surface area contributed by atoms with E-state index < -0.39 is 12.0 Å². The zero-order valence-corrected chi connectivity index (χ0v) is 10.5. The highest BCUT2D eigenvalue weighted by Crippen LogP contribution is 2.27. The normalized spacial score (nSPS) is 12.1. The lowest BCUT2D eigenvalue weighted by molar-refractivity contribution is -0.137. The molecule has 4 N–H and O–H groups in total. The molecule has 6 nitrogen and oxygen atoms in total. The van der Waals surface area contributed by atoms with Crippen molar-refractivity contribution in [2.75, 3.05) is 7.11 Å². The van der Waals surface area contributed by atoms with Crippen molar-refractivity contribution in [3.8, 4) is 17.0 Å². The molecule has 0 saturated carbocycles. The first-order valence-corrected chi connectivity index (χ1v) is 5.77. The van der Waals surface area contributed by atoms with Crippen LogP contribution in [-0.4, -0.2) is 28.4 Å². The minimum atomic E-state index is -0.936. The van der Waals surface area contributed by atoms with Crippen molar-refractivity contribution in [1.82, 2.24) is 10.2 Å². The molecule has 1 aromatic heterocycles. The third-order valence-corrected chi connectivity index (χ3v) is 2.84. The number of benzene rings is 1. The van der Waals surface area contributed by atoms with Gasteiger partial charge in [0.1, 0.15) is 5.75 Å². The van der Waals surface area contributed by atoms with Gasteiger partial charge in [-0.2, -0.15) is 5.10 Å². The number of H-pyrrole nitrogens is 1. The van der Waals surface area contributed by atoms with Crippen LogP contribution < -0.4 is 10.5 Å². The van der Waals surface area contributed by atoms with E-state index in [0.717, 1.165) is 17.0 Å². The van der Waals surface area contributed by atoms with Crippen molar-refractivity contribution < 1.29 is 14.6 Å². The molecule has 1 aromatic carbocycles. The maximum atomic E-state index is 10.7. The number of rotatable bonds is 5. The Bertz CT molecular complexity index is 563. The molecule has 0 saturated heterocycles. The molecule has 0 aliphatic heterocycles. The summed E-state index contributed by atoms with van der Waals surface area (Å²) in [6, 6.07) is 6.78. The summed E-state index contributed by atoms with van der Waals surface area (Å²) >= 11 is 0. The van der Waals surface area contributed by atoms with Gasteiger partial charge in [0.15, 0.2) is 0 Å². The van der Waals surface area contributed by atoms with Crippen molar-refractivity contribution >= 4 is 5.97 Å². The van der Waals surface area contributed by atoms with Gasteiger partial charge in [0.2, 0.25) is 0 Å². The molecule has 0 aliphatic carbocycles. The molecule has 6 heteroatoms. The van der Waals surface area contributed by atoms with Crippen molar-refractivity contribution in [1.29, 1.82) is 0 Å². The van der Waals surface area contributed by atoms with Crippen LogP contribution in [0.25, 0.3) is 11.3 Å². The number of carboxylic acids is 1. The van der Waals surface area contributed by atoms with Crippen molar-refractivity contribution in [2.45, 2.75) is 12.5 Å². The Balaban J connectivity index is 2.29. The second-order valence-corrected chi connectivity index (χ2v) is 4.13. The van der Waals surface area contributed by atoms with Gasteiger partial charge < -0.3 is 15.6 Å². The SMILES string of the molecule is COc1ccc(-c2[nH]ncc2C(N)CC(=O)O)cc1. The summed E-state index contributed by atoms with van der Waals surface area (Å²) in [7, 11) is 1.60. The Labute approximate surface area is 110 Å². The van der Waals surface area contributed by atoms with E-state index in [0.29, 0.717) is 5.56 Å². The molecule has 1 heterocycles. The number of carboxylic acid groups (broad SMARTS) is 1. The number of carbonyl (C=O) groups is 1. The van der Waals surface area contributed by atoms with Gasteiger partial charge in [0.05, 0.1) is 25.4 Å². The molecule has 19 heavy (non-hydrogen) atoms. The molecule has 100 valence electrons. The van der Waals surface area contributed by atoms with Gasteiger partial charge in [-0.1, -0.05) is 0 Å². The molecule has 0 aliphatic rings. The number of ether oxygens (including phenoxy) is 1. The van der Waals surface area contributed by atoms with Gasteiger partial charge in [-0.05, 0) is 24.3 Å². The number of aliphatic carboxylic acids is 1. The number of aromatic amines is 1. The zero-order chi connectivity index (χ0) is 13.8. The largest absolute Gasteiger partial charge is 0.497 e. The van der Waals surface area contributed by atoms with E-state index in [2.05, 4.69) is 10.2 Å². The highest BCUT2D eigenvalue weighted by Gasteiger charge is 2.17. The summed E-state index contributed by atoms with van der Waals surface area (Å²) in [5, 5.41) is 15.6. The second-order valence-electron chi connectivity index (χ2n) is 4.13. The van der Waals surface area contributed by atoms with Crippen molar-refractivity contribution in [2.24, 2.45) is 5.73 Å². The van der Waals surface area contributed by atoms with Crippen LogP contribution in [0.1, 0.15) is 18.0 Å². The van der Waals surface area contributed by atoms with E-state index in [1.807, 2.05) is 24.3 Å². The van der Waals surface area contributed by atoms with Crippen molar-refractivity contribution in [3.63, 3.8) is 0 Å². The zero-order valence-electron chi connectivity index (χ0n) is 10.5. The number of aromatic nitrogens is 2. The molecule has 1 unspecified atom stereocenters. The fraction of sp³-hybridized carbons (Fsp3) is 0.231. The smallest absolute Gasteiger partial charge is 0.305 e. The lowest BCUT2D eigenvalue weighted by Crippen LogP contribution is -2.15. The number of nitrogens with zero attached hydrogens (tertiary/aromatic N) is 1. The van der Waals surface area contributed by atoms with Gasteiger partial charge >= 0.3 is 5.97 Å². The predicted molar refractivity (Wildman–Crippen MR) is 69.8 cm³/mol. The van der Waals surface area contributed by atoms with Gasteiger partial charge in [-0.25, -0.2) is 0 Å². The maximum absolute atomic E-state index is 10.7. The van der Waals surface area contributed by atoms with Crippen LogP contribution in [0.5, 0.6) is 5.75 Å². The molecule has 0 spiro atoms. The minimum Gasteiger partial charge on any atom is -0.497 e. The summed E-state index contributed by atoms with van der Waals surface area (Å²) in [6.45, 7) is 0. The highest BCUT2D eigenvalue weighted by atomic mass is 16.5. The summed E-state index contributed by atoms with van der Waals surface area (Å²) in [5.74, 6) is -0.186. The Morgan fingerprint density at radius 2 is 2.16 bits per heavy atom. The number of hydrogen-bond acceptors (Lipinski definition) is 4. The molecule has 2 rings (SSSR count). The third-order valence-electron chi connectivity index (χ3n) is 2.84. The van der Waals surface area contributed by atoms with E-state index >= 15 is 0 Å². The van der Waals surface area contributed by atoms with Gasteiger partial charge in [-0.15, -0.1) is 0 Å². The quantitative estimate of drug-likeness (QED) is 0.758. The Hall–Kier alpha value is -2.34. The average molecular weight is 261 g/mol. The summed E-state index contributed by atoms with van der Waals surface area (Å²) in [5.41, 5.74) is 8.17. The number of nitrogens with two attached hydrogens (primary N) is 1. The monoisotopic (exact) mass is 261 g/mol. The fourth-order valence-corrected chi connectivity index (χ4v) is 1.86. The molecule has 0 bridgehead atoms. The van der Waals surface area contributed by atoms with E-state index in [1.54, 1.807) is 13.3 Å². The average Bonchev–Trinajstić information content (AvgIpc) is 2.87. The molecule has 0 fully saturated rings. The van der Waals surface area contributed by atoms with Crippen LogP contribution in [0.2, 0.25) is 0 Å². The van der Waals surface area contributed by atoms with E-state index in [-0.39, 0.29) is 6.42 Å². The fourth-order valence-electron chi connectivity index (χ4n) is 1.86. The molecule has 2 aromatic rings. The minimum absolute atomic E-state index is 0.136. The predicted octanol–water partition coefficient (Wildman–Crippen LogP) is 1.56. The number of methoxy groups -OCH3 is 1. The Kier molecular flexibility index (Phi) is 3.82. The van der Waals surface area contributed by atoms with E-state index in [9.17, 15) is 4.79 Å². The molecular weight excluding hydrogens is 246 g/mol. The Morgan fingerprint density at radius 3 is 2.74 bits per heavy atom. The third kappa shape index (κ3) is 2.92. The van der Waals surface area contributed by atoms with Gasteiger partial charge in [0, 0.05) is 17.2 Å². The first-order chi connectivity index (χ1) is 9.11. The van der Waals surface area contributed by atoms with Gasteiger partial charge in [-0.3, -0.25) is 9.89 Å². The van der Waals surface area contributed by atoms with Crippen LogP contribution in [0.3, 0.4) is 0 Å². The summed E-state index contributed by atoms with van der Waals surface area (Å²) in [6.07, 6.45) is 1.43. The summed E-state index contributed by atoms with van der Waals surface area (Å²) < 4.78 is 5.09. The number of hydrogen-bond donors (Lipinski definition) is 3. The lowest BCUT2D eigenvalue weighted by Gasteiger charge is -2.10. The molecule has 0 amide bonds. The lowest BCUT2D eigenvalue weighted by atomic mass is 10.0. The van der Waals surface area contributed by atoms with Crippen LogP contribution in [0, 0.1) is 0 Å². The van der Waals surface area contributed by atoms with Crippen molar-refractivity contribution in [3.05, 3.63) is 36.0 Å². The van der Waals surface area contributed by atoms with Crippen LogP contribution in [-0.2, 0) is 4.79 Å². The molecule has 1 atom stereocenters. The maximum Gasteiger partial charge on any atom is 0.305 e. The van der Waals surface area contributed by atoms with E-state index in [1.165, 1.54) is 0 Å². The first-order valence-electron chi connectivity index (χ1n) is 5.77. The van der Waals surface area contributed by atoms with E-state index in [4.69, 9.17) is 15.6 Å². The second kappa shape index (κ2) is 5.53. The first kappa shape index (κ1) is 13.1. The number of nitrogens with one attached hydrogen (secondary N) is 1. The standard InChI is InChI=1S/C13H15N3O3/c1-19-9-4-2-8(3-5-9)13-10(7-15-16-13)11(14)6-12(17)18/h2-5,7,11H,6,14H2,1H3,(H,15,16)(H,17,18). The van der Waals surface area contributed by atoms with Gasteiger partial charge in [0.25, 0.3) is 0 Å².